The van der Waals surface area contributed by atoms with Gasteiger partial charge in [-0.05, 0) is 58.0 Å². The van der Waals surface area contributed by atoms with E-state index in [1.165, 1.54) is 12.8 Å². The van der Waals surface area contributed by atoms with Gasteiger partial charge in [-0.2, -0.15) is 0 Å². The minimum Gasteiger partial charge on any atom is -0.344 e. The van der Waals surface area contributed by atoms with Crippen LogP contribution in [0.3, 0.4) is 0 Å². The van der Waals surface area contributed by atoms with E-state index < -0.39 is 0 Å². The summed E-state index contributed by atoms with van der Waals surface area (Å²) in [6.07, 6.45) is 3.91. The average molecular weight is 324 g/mol. The van der Waals surface area contributed by atoms with Crippen molar-refractivity contribution in [3.63, 3.8) is 0 Å². The van der Waals surface area contributed by atoms with Crippen molar-refractivity contribution in [2.45, 2.75) is 58.9 Å². The van der Waals surface area contributed by atoms with Gasteiger partial charge in [0.2, 0.25) is 5.91 Å². The van der Waals surface area contributed by atoms with Gasteiger partial charge in [0.1, 0.15) is 5.01 Å². The van der Waals surface area contributed by atoms with Crippen LogP contribution in [0.5, 0.6) is 0 Å². The Morgan fingerprint density at radius 2 is 2.41 bits per heavy atom. The van der Waals surface area contributed by atoms with E-state index >= 15 is 0 Å². The molecule has 1 aliphatic rings. The molecule has 1 aromatic heterocycles. The Morgan fingerprint density at radius 1 is 1.64 bits per heavy atom. The molecule has 22 heavy (non-hydrogen) atoms. The first kappa shape index (κ1) is 17.4. The van der Waals surface area contributed by atoms with E-state index in [1.54, 1.807) is 11.3 Å². The Balaban J connectivity index is 1.94. The van der Waals surface area contributed by atoms with Crippen molar-refractivity contribution in [2.75, 3.05) is 13.1 Å². The minimum absolute atomic E-state index is 0.148. The van der Waals surface area contributed by atoms with Gasteiger partial charge in [0, 0.05) is 17.5 Å². The standard InChI is InChI=1S/C17H29N3OS/c1-5-17(4,16-19-13(3)11-22-16)20-15(21)9-12(2)14-7-6-8-18-10-14/h11-12,14,18H,5-10H2,1-4H3,(H,20,21). The fourth-order valence-electron chi connectivity index (χ4n) is 3.08. The molecule has 4 nitrogen and oxygen atoms in total. The maximum absolute atomic E-state index is 12.5. The monoisotopic (exact) mass is 323 g/mol. The Labute approximate surface area is 138 Å². The third-order valence-corrected chi connectivity index (χ3v) is 6.08. The topological polar surface area (TPSA) is 54.0 Å². The number of hydrogen-bond acceptors (Lipinski definition) is 4. The average Bonchev–Trinajstić information content (AvgIpc) is 2.95. The highest BCUT2D eigenvalue weighted by atomic mass is 32.1. The number of hydrogen-bond donors (Lipinski definition) is 2. The summed E-state index contributed by atoms with van der Waals surface area (Å²) < 4.78 is 0. The second-order valence-corrected chi connectivity index (χ2v) is 7.67. The van der Waals surface area contributed by atoms with E-state index in [9.17, 15) is 4.79 Å². The van der Waals surface area contributed by atoms with Crippen LogP contribution in [-0.4, -0.2) is 24.0 Å². The lowest BCUT2D eigenvalue weighted by molar-refractivity contribution is -0.124. The van der Waals surface area contributed by atoms with E-state index in [1.807, 2.05) is 12.3 Å². The summed E-state index contributed by atoms with van der Waals surface area (Å²) in [5.74, 6) is 1.19. The van der Waals surface area contributed by atoms with E-state index in [0.717, 1.165) is 30.2 Å². The summed E-state index contributed by atoms with van der Waals surface area (Å²) in [7, 11) is 0. The van der Waals surface area contributed by atoms with Gasteiger partial charge in [-0.25, -0.2) is 4.98 Å². The first-order valence-corrected chi connectivity index (χ1v) is 9.27. The molecule has 1 saturated heterocycles. The first-order chi connectivity index (χ1) is 10.4. The highest BCUT2D eigenvalue weighted by Gasteiger charge is 2.31. The number of thiazole rings is 1. The normalized spacial score (nSPS) is 22.8. The molecule has 0 aromatic carbocycles. The zero-order valence-corrected chi connectivity index (χ0v) is 15.1. The predicted molar refractivity (Wildman–Crippen MR) is 92.0 cm³/mol. The Bertz CT molecular complexity index is 496. The van der Waals surface area contributed by atoms with Gasteiger partial charge in [0.05, 0.1) is 5.54 Å². The van der Waals surface area contributed by atoms with Crippen LogP contribution in [0, 0.1) is 18.8 Å². The van der Waals surface area contributed by atoms with Crippen LogP contribution in [0.25, 0.3) is 0 Å². The molecule has 5 heteroatoms. The van der Waals surface area contributed by atoms with Crippen molar-refractivity contribution < 1.29 is 4.79 Å². The number of aromatic nitrogens is 1. The van der Waals surface area contributed by atoms with Crippen molar-refractivity contribution in [1.29, 1.82) is 0 Å². The maximum atomic E-state index is 12.5. The van der Waals surface area contributed by atoms with E-state index in [0.29, 0.717) is 18.3 Å². The molecule has 1 aliphatic heterocycles. The van der Waals surface area contributed by atoms with Gasteiger partial charge >= 0.3 is 0 Å². The molecule has 1 aromatic rings. The number of aryl methyl sites for hydroxylation is 1. The molecule has 0 radical (unpaired) electrons. The van der Waals surface area contributed by atoms with Gasteiger partial charge < -0.3 is 10.6 Å². The lowest BCUT2D eigenvalue weighted by atomic mass is 9.85. The SMILES string of the molecule is CCC(C)(NC(=O)CC(C)C1CCCNC1)c1nc(C)cs1. The lowest BCUT2D eigenvalue weighted by Gasteiger charge is -2.31. The minimum atomic E-state index is -0.347. The van der Waals surface area contributed by atoms with E-state index in [-0.39, 0.29) is 11.4 Å². The molecule has 0 spiro atoms. The second kappa shape index (κ2) is 7.55. The highest BCUT2D eigenvalue weighted by molar-refractivity contribution is 7.09. The van der Waals surface area contributed by atoms with Crippen LogP contribution >= 0.6 is 11.3 Å². The Kier molecular flexibility index (Phi) is 5.98. The van der Waals surface area contributed by atoms with E-state index in [4.69, 9.17) is 0 Å². The lowest BCUT2D eigenvalue weighted by Crippen LogP contribution is -2.44. The third-order valence-electron chi connectivity index (χ3n) is 4.86. The summed E-state index contributed by atoms with van der Waals surface area (Å²) in [5.41, 5.74) is 0.677. The second-order valence-electron chi connectivity index (χ2n) is 6.82. The van der Waals surface area contributed by atoms with Crippen LogP contribution in [-0.2, 0) is 10.3 Å². The van der Waals surface area contributed by atoms with Gasteiger partial charge in [-0.1, -0.05) is 13.8 Å². The zero-order valence-electron chi connectivity index (χ0n) is 14.2. The fourth-order valence-corrected chi connectivity index (χ4v) is 4.07. The van der Waals surface area contributed by atoms with Crippen LogP contribution in [0.4, 0.5) is 0 Å². The van der Waals surface area contributed by atoms with E-state index in [2.05, 4.69) is 36.4 Å². The molecule has 2 heterocycles. The van der Waals surface area contributed by atoms with Crippen molar-refractivity contribution in [3.05, 3.63) is 16.1 Å². The van der Waals surface area contributed by atoms with Crippen LogP contribution in [0.15, 0.2) is 5.38 Å². The molecule has 3 unspecified atom stereocenters. The van der Waals surface area contributed by atoms with Crippen molar-refractivity contribution in [3.8, 4) is 0 Å². The molecular weight excluding hydrogens is 294 g/mol. The number of nitrogens with one attached hydrogen (secondary N) is 2. The summed E-state index contributed by atoms with van der Waals surface area (Å²) >= 11 is 1.63. The van der Waals surface area contributed by atoms with Gasteiger partial charge in [0.25, 0.3) is 0 Å². The molecule has 0 bridgehead atoms. The van der Waals surface area contributed by atoms with Crippen LogP contribution in [0.2, 0.25) is 0 Å². The molecule has 2 rings (SSSR count). The quantitative estimate of drug-likeness (QED) is 0.845. The van der Waals surface area contributed by atoms with Gasteiger partial charge in [-0.3, -0.25) is 4.79 Å². The molecule has 0 aliphatic carbocycles. The van der Waals surface area contributed by atoms with Crippen molar-refractivity contribution in [1.82, 2.24) is 15.6 Å². The Morgan fingerprint density at radius 3 is 2.95 bits per heavy atom. The summed E-state index contributed by atoms with van der Waals surface area (Å²) in [6.45, 7) is 10.5. The fraction of sp³-hybridized carbons (Fsp3) is 0.765. The van der Waals surface area contributed by atoms with Crippen LogP contribution < -0.4 is 10.6 Å². The van der Waals surface area contributed by atoms with Gasteiger partial charge in [0.15, 0.2) is 0 Å². The predicted octanol–water partition coefficient (Wildman–Crippen LogP) is 3.22. The first-order valence-electron chi connectivity index (χ1n) is 8.39. The van der Waals surface area contributed by atoms with Gasteiger partial charge in [-0.15, -0.1) is 11.3 Å². The third kappa shape index (κ3) is 4.29. The van der Waals surface area contributed by atoms with Crippen LogP contribution in [0.1, 0.15) is 57.2 Å². The summed E-state index contributed by atoms with van der Waals surface area (Å²) in [5, 5.41) is 9.72. The molecule has 1 fully saturated rings. The number of carbonyl (C=O) groups is 1. The molecular formula is C17H29N3OS. The molecule has 3 atom stereocenters. The number of rotatable bonds is 6. The number of amides is 1. The highest BCUT2D eigenvalue weighted by Crippen LogP contribution is 2.28. The molecule has 124 valence electrons. The molecule has 1 amide bonds. The number of piperidine rings is 1. The summed E-state index contributed by atoms with van der Waals surface area (Å²) in [6, 6.07) is 0. The number of nitrogens with zero attached hydrogens (tertiary/aromatic N) is 1. The number of carbonyl (C=O) groups excluding carboxylic acids is 1. The maximum Gasteiger partial charge on any atom is 0.221 e. The molecule has 0 saturated carbocycles. The van der Waals surface area contributed by atoms with Crippen molar-refractivity contribution in [2.24, 2.45) is 11.8 Å². The van der Waals surface area contributed by atoms with Crippen molar-refractivity contribution >= 4 is 17.2 Å². The summed E-state index contributed by atoms with van der Waals surface area (Å²) in [4.78, 5) is 17.1. The smallest absolute Gasteiger partial charge is 0.221 e. The Hall–Kier alpha value is -0.940. The molecule has 2 N–H and O–H groups in total. The largest absolute Gasteiger partial charge is 0.344 e. The zero-order chi connectivity index (χ0) is 16.2.